The van der Waals surface area contributed by atoms with Crippen molar-refractivity contribution in [2.24, 2.45) is 0 Å². The molecular formula is C18H15BrN2O4. The minimum Gasteiger partial charge on any atom is -0.454 e. The van der Waals surface area contributed by atoms with E-state index in [0.29, 0.717) is 11.5 Å². The summed E-state index contributed by atoms with van der Waals surface area (Å²) in [4.78, 5) is 26.6. The summed E-state index contributed by atoms with van der Waals surface area (Å²) in [5, 5.41) is 2.80. The lowest BCUT2D eigenvalue weighted by molar-refractivity contribution is -0.131. The zero-order valence-corrected chi connectivity index (χ0v) is 15.0. The van der Waals surface area contributed by atoms with Crippen LogP contribution in [0.4, 0.5) is 4.79 Å². The van der Waals surface area contributed by atoms with Crippen LogP contribution in [0, 0.1) is 0 Å². The number of halogens is 1. The van der Waals surface area contributed by atoms with Gasteiger partial charge >= 0.3 is 6.03 Å². The molecule has 2 heterocycles. The Bertz CT molecular complexity index is 871. The summed E-state index contributed by atoms with van der Waals surface area (Å²) in [6, 6.07) is 12.4. The van der Waals surface area contributed by atoms with E-state index in [9.17, 15) is 9.59 Å². The zero-order chi connectivity index (χ0) is 17.6. The van der Waals surface area contributed by atoms with Gasteiger partial charge in [-0.25, -0.2) is 4.79 Å². The summed E-state index contributed by atoms with van der Waals surface area (Å²) < 4.78 is 11.5. The monoisotopic (exact) mass is 402 g/mol. The maximum Gasteiger partial charge on any atom is 0.325 e. The quantitative estimate of drug-likeness (QED) is 0.800. The Hall–Kier alpha value is -2.54. The lowest BCUT2D eigenvalue weighted by Gasteiger charge is -2.22. The fourth-order valence-electron chi connectivity index (χ4n) is 3.06. The first kappa shape index (κ1) is 16.0. The molecule has 25 heavy (non-hydrogen) atoms. The average Bonchev–Trinajstić information content (AvgIpc) is 3.14. The molecule has 0 saturated carbocycles. The summed E-state index contributed by atoms with van der Waals surface area (Å²) in [6.07, 6.45) is 0. The summed E-state index contributed by atoms with van der Waals surface area (Å²) in [6.45, 7) is 2.03. The van der Waals surface area contributed by atoms with Crippen LogP contribution in [-0.2, 0) is 16.9 Å². The SMILES string of the molecule is C[C@@]1(c2ccccc2)NC(=O)N(Cc2cc3c(cc2Br)OCO3)C1=O. The Morgan fingerprint density at radius 3 is 2.56 bits per heavy atom. The van der Waals surface area contributed by atoms with Crippen molar-refractivity contribution in [3.8, 4) is 11.5 Å². The first-order valence-electron chi connectivity index (χ1n) is 7.77. The van der Waals surface area contributed by atoms with E-state index in [0.717, 1.165) is 15.6 Å². The number of imide groups is 1. The topological polar surface area (TPSA) is 67.9 Å². The molecule has 2 aromatic carbocycles. The van der Waals surface area contributed by atoms with E-state index in [1.807, 2.05) is 30.3 Å². The molecule has 128 valence electrons. The van der Waals surface area contributed by atoms with Gasteiger partial charge < -0.3 is 14.8 Å². The number of ether oxygens (including phenoxy) is 2. The number of amides is 3. The lowest BCUT2D eigenvalue weighted by atomic mass is 9.92. The molecule has 4 rings (SSSR count). The molecule has 1 saturated heterocycles. The molecule has 0 spiro atoms. The van der Waals surface area contributed by atoms with Crippen LogP contribution in [0.25, 0.3) is 0 Å². The summed E-state index contributed by atoms with van der Waals surface area (Å²) in [5.41, 5.74) is 0.451. The van der Waals surface area contributed by atoms with Crippen molar-refractivity contribution in [1.29, 1.82) is 0 Å². The van der Waals surface area contributed by atoms with Crippen LogP contribution in [-0.4, -0.2) is 23.6 Å². The lowest BCUT2D eigenvalue weighted by Crippen LogP contribution is -2.40. The van der Waals surface area contributed by atoms with Gasteiger partial charge in [-0.1, -0.05) is 46.3 Å². The maximum absolute atomic E-state index is 13.0. The Kier molecular flexibility index (Phi) is 3.68. The van der Waals surface area contributed by atoms with Crippen molar-refractivity contribution in [2.45, 2.75) is 19.0 Å². The van der Waals surface area contributed by atoms with Crippen LogP contribution in [0.2, 0.25) is 0 Å². The molecule has 0 unspecified atom stereocenters. The third-order valence-electron chi connectivity index (χ3n) is 4.50. The van der Waals surface area contributed by atoms with Gasteiger partial charge in [0, 0.05) is 4.47 Å². The van der Waals surface area contributed by atoms with Crippen molar-refractivity contribution < 1.29 is 19.1 Å². The van der Waals surface area contributed by atoms with Crippen molar-refractivity contribution in [2.75, 3.05) is 6.79 Å². The predicted octanol–water partition coefficient (Wildman–Crippen LogP) is 3.15. The smallest absolute Gasteiger partial charge is 0.325 e. The second-order valence-electron chi connectivity index (χ2n) is 6.11. The fourth-order valence-corrected chi connectivity index (χ4v) is 3.51. The molecule has 3 amide bonds. The Labute approximate surface area is 152 Å². The predicted molar refractivity (Wildman–Crippen MR) is 93.1 cm³/mol. The molecule has 0 radical (unpaired) electrons. The Morgan fingerprint density at radius 2 is 1.84 bits per heavy atom. The number of hydrogen-bond acceptors (Lipinski definition) is 4. The number of hydrogen-bond donors (Lipinski definition) is 1. The number of nitrogens with zero attached hydrogens (tertiary/aromatic N) is 1. The van der Waals surface area contributed by atoms with Gasteiger partial charge in [-0.15, -0.1) is 0 Å². The summed E-state index contributed by atoms with van der Waals surface area (Å²) in [5.74, 6) is 0.964. The van der Waals surface area contributed by atoms with Gasteiger partial charge in [0.2, 0.25) is 6.79 Å². The highest BCUT2D eigenvalue weighted by Gasteiger charge is 2.48. The standard InChI is InChI=1S/C18H15BrN2O4/c1-18(12-5-3-2-4-6-12)16(22)21(17(23)20-18)9-11-7-14-15(8-13(11)19)25-10-24-14/h2-8H,9-10H2,1H3,(H,20,23)/t18-/m0/s1. The number of urea groups is 1. The third-order valence-corrected chi connectivity index (χ3v) is 5.23. The Balaban J connectivity index is 1.64. The van der Waals surface area contributed by atoms with Crippen molar-refractivity contribution in [3.05, 3.63) is 58.1 Å². The van der Waals surface area contributed by atoms with E-state index in [2.05, 4.69) is 21.2 Å². The molecule has 1 fully saturated rings. The minimum absolute atomic E-state index is 0.143. The molecule has 0 aliphatic carbocycles. The average molecular weight is 403 g/mol. The van der Waals surface area contributed by atoms with Crippen LogP contribution >= 0.6 is 15.9 Å². The highest BCUT2D eigenvalue weighted by Crippen LogP contribution is 2.38. The molecule has 6 nitrogen and oxygen atoms in total. The van der Waals surface area contributed by atoms with Gasteiger partial charge in [-0.2, -0.15) is 0 Å². The van der Waals surface area contributed by atoms with Gasteiger partial charge in [0.25, 0.3) is 5.91 Å². The molecular weight excluding hydrogens is 388 g/mol. The van der Waals surface area contributed by atoms with Crippen LogP contribution in [0.3, 0.4) is 0 Å². The molecule has 2 aliphatic rings. The number of fused-ring (bicyclic) bond motifs is 1. The van der Waals surface area contributed by atoms with Gasteiger partial charge in [-0.05, 0) is 30.2 Å². The van der Waals surface area contributed by atoms with Crippen LogP contribution in [0.15, 0.2) is 46.9 Å². The number of rotatable bonds is 3. The van der Waals surface area contributed by atoms with Gasteiger partial charge in [0.1, 0.15) is 5.54 Å². The molecule has 2 aliphatic heterocycles. The fraction of sp³-hybridized carbons (Fsp3) is 0.222. The number of nitrogens with one attached hydrogen (secondary N) is 1. The second kappa shape index (κ2) is 5.77. The Morgan fingerprint density at radius 1 is 1.16 bits per heavy atom. The molecule has 2 aromatic rings. The van der Waals surface area contributed by atoms with Crippen molar-refractivity contribution in [1.82, 2.24) is 10.2 Å². The van der Waals surface area contributed by atoms with E-state index in [-0.39, 0.29) is 19.2 Å². The number of carbonyl (C=O) groups is 2. The number of benzene rings is 2. The minimum atomic E-state index is -1.07. The molecule has 1 atom stereocenters. The summed E-state index contributed by atoms with van der Waals surface area (Å²) >= 11 is 3.47. The van der Waals surface area contributed by atoms with Crippen LogP contribution < -0.4 is 14.8 Å². The van der Waals surface area contributed by atoms with Crippen molar-refractivity contribution in [3.63, 3.8) is 0 Å². The second-order valence-corrected chi connectivity index (χ2v) is 6.96. The maximum atomic E-state index is 13.0. The van der Waals surface area contributed by atoms with Gasteiger partial charge in [0.15, 0.2) is 11.5 Å². The summed E-state index contributed by atoms with van der Waals surface area (Å²) in [7, 11) is 0. The van der Waals surface area contributed by atoms with Crippen LogP contribution in [0.5, 0.6) is 11.5 Å². The molecule has 0 aromatic heterocycles. The first-order valence-corrected chi connectivity index (χ1v) is 8.56. The third kappa shape index (κ3) is 2.55. The van der Waals surface area contributed by atoms with Crippen molar-refractivity contribution >= 4 is 27.9 Å². The van der Waals surface area contributed by atoms with E-state index in [1.165, 1.54) is 4.90 Å². The largest absolute Gasteiger partial charge is 0.454 e. The molecule has 1 N–H and O–H groups in total. The van der Waals surface area contributed by atoms with E-state index in [1.54, 1.807) is 19.1 Å². The van der Waals surface area contributed by atoms with E-state index in [4.69, 9.17) is 9.47 Å². The number of carbonyl (C=O) groups excluding carboxylic acids is 2. The molecule has 0 bridgehead atoms. The van der Waals surface area contributed by atoms with Crippen LogP contribution in [0.1, 0.15) is 18.1 Å². The normalized spacial score (nSPS) is 21.6. The van der Waals surface area contributed by atoms with E-state index < -0.39 is 11.6 Å². The highest BCUT2D eigenvalue weighted by molar-refractivity contribution is 9.10. The first-order chi connectivity index (χ1) is 12.0. The van der Waals surface area contributed by atoms with Gasteiger partial charge in [0.05, 0.1) is 6.54 Å². The zero-order valence-electron chi connectivity index (χ0n) is 13.4. The van der Waals surface area contributed by atoms with Gasteiger partial charge in [-0.3, -0.25) is 9.69 Å². The van der Waals surface area contributed by atoms with E-state index >= 15 is 0 Å². The highest BCUT2D eigenvalue weighted by atomic mass is 79.9. The molecule has 7 heteroatoms.